The van der Waals surface area contributed by atoms with E-state index in [2.05, 4.69) is 4.98 Å². The van der Waals surface area contributed by atoms with Crippen LogP contribution in [-0.4, -0.2) is 45.6 Å². The maximum atomic E-state index is 13.0. The van der Waals surface area contributed by atoms with Gasteiger partial charge in [0.25, 0.3) is 0 Å². The topological polar surface area (TPSA) is 91.9 Å². The quantitative estimate of drug-likeness (QED) is 0.627. The van der Waals surface area contributed by atoms with E-state index in [4.69, 9.17) is 21.1 Å². The predicted molar refractivity (Wildman–Crippen MR) is 110 cm³/mol. The number of rotatable bonds is 3. The first kappa shape index (κ1) is 18.8. The van der Waals surface area contributed by atoms with Crippen LogP contribution in [0.2, 0.25) is 0 Å². The van der Waals surface area contributed by atoms with Gasteiger partial charge in [0.1, 0.15) is 17.5 Å². The van der Waals surface area contributed by atoms with Crippen molar-refractivity contribution in [2.75, 3.05) is 12.7 Å². The lowest BCUT2D eigenvalue weighted by Gasteiger charge is -2.48. The Morgan fingerprint density at radius 3 is 2.77 bits per heavy atom. The number of carbonyl (C=O) groups excluding carboxylic acids is 1. The molecule has 2 atom stereocenters. The number of nitrogens with zero attached hydrogens (tertiary/aromatic N) is 1. The van der Waals surface area contributed by atoms with E-state index in [-0.39, 0.29) is 19.1 Å². The second-order valence-corrected chi connectivity index (χ2v) is 7.89. The average Bonchev–Trinajstić information content (AvgIpc) is 3.37. The summed E-state index contributed by atoms with van der Waals surface area (Å²) < 4.78 is 11.0. The van der Waals surface area contributed by atoms with Gasteiger partial charge in [-0.15, -0.1) is 11.6 Å². The highest BCUT2D eigenvalue weighted by atomic mass is 35.5. The molecular formula is C22H19ClN2O5. The van der Waals surface area contributed by atoms with Crippen LogP contribution >= 0.6 is 11.6 Å². The Hall–Kier alpha value is -3.19. The van der Waals surface area contributed by atoms with Crippen molar-refractivity contribution in [1.29, 1.82) is 0 Å². The first-order valence-corrected chi connectivity index (χ1v) is 10.1. The third kappa shape index (κ3) is 2.51. The van der Waals surface area contributed by atoms with Gasteiger partial charge in [-0.25, -0.2) is 4.79 Å². The number of halogens is 1. The maximum absolute atomic E-state index is 13.0. The van der Waals surface area contributed by atoms with Crippen LogP contribution in [0.1, 0.15) is 23.7 Å². The fraction of sp³-hybridized carbons (Fsp3) is 0.273. The van der Waals surface area contributed by atoms with Gasteiger partial charge in [0.2, 0.25) is 12.7 Å². The van der Waals surface area contributed by atoms with Crippen LogP contribution in [0.25, 0.3) is 10.9 Å². The molecule has 2 aliphatic heterocycles. The Balaban J connectivity index is 1.82. The van der Waals surface area contributed by atoms with Gasteiger partial charge in [-0.05, 0) is 36.2 Å². The van der Waals surface area contributed by atoms with Gasteiger partial charge < -0.3 is 24.5 Å². The first-order chi connectivity index (χ1) is 14.4. The minimum atomic E-state index is -1.09. The van der Waals surface area contributed by atoms with E-state index in [1.165, 1.54) is 4.90 Å². The second kappa shape index (κ2) is 6.67. The Bertz CT molecular complexity index is 1190. The van der Waals surface area contributed by atoms with E-state index in [1.54, 1.807) is 12.1 Å². The van der Waals surface area contributed by atoms with Crippen molar-refractivity contribution < 1.29 is 24.2 Å². The van der Waals surface area contributed by atoms with Crippen molar-refractivity contribution in [1.82, 2.24) is 9.88 Å². The van der Waals surface area contributed by atoms with Crippen LogP contribution in [0.15, 0.2) is 42.5 Å². The van der Waals surface area contributed by atoms with E-state index < -0.39 is 23.5 Å². The Morgan fingerprint density at radius 2 is 2.00 bits per heavy atom. The molecule has 2 aromatic carbocycles. The summed E-state index contributed by atoms with van der Waals surface area (Å²) in [5.41, 5.74) is 2.17. The van der Waals surface area contributed by atoms with Crippen LogP contribution in [0.4, 0.5) is 0 Å². The molecule has 154 valence electrons. The molecule has 0 aliphatic carbocycles. The Kier molecular flexibility index (Phi) is 4.18. The SMILES string of the molecule is CC1(c2ccc3c(c2)OCO3)c2[nH]c3ccccc3c2C[C@@H](C(=O)O)N1C(=O)CCl. The minimum Gasteiger partial charge on any atom is -0.480 e. The van der Waals surface area contributed by atoms with Gasteiger partial charge in [0, 0.05) is 23.0 Å². The van der Waals surface area contributed by atoms with Gasteiger partial charge in [0.15, 0.2) is 11.5 Å². The fourth-order valence-electron chi connectivity index (χ4n) is 4.71. The van der Waals surface area contributed by atoms with Gasteiger partial charge in [-0.1, -0.05) is 24.3 Å². The van der Waals surface area contributed by atoms with E-state index in [0.29, 0.717) is 17.1 Å². The molecule has 0 spiro atoms. The highest BCUT2D eigenvalue weighted by molar-refractivity contribution is 6.27. The molecule has 1 aromatic heterocycles. The molecule has 0 saturated carbocycles. The summed E-state index contributed by atoms with van der Waals surface area (Å²) >= 11 is 5.93. The number of fused-ring (bicyclic) bond motifs is 4. The summed E-state index contributed by atoms with van der Waals surface area (Å²) in [6.07, 6.45) is 0.192. The number of carboxylic acids is 1. The van der Waals surface area contributed by atoms with Crippen LogP contribution in [0, 0.1) is 0 Å². The van der Waals surface area contributed by atoms with Crippen molar-refractivity contribution in [3.8, 4) is 11.5 Å². The maximum Gasteiger partial charge on any atom is 0.326 e. The number of aromatic amines is 1. The number of hydrogen-bond donors (Lipinski definition) is 2. The van der Waals surface area contributed by atoms with Crippen molar-refractivity contribution in [2.45, 2.75) is 24.9 Å². The van der Waals surface area contributed by atoms with E-state index in [0.717, 1.165) is 22.2 Å². The summed E-state index contributed by atoms with van der Waals surface area (Å²) in [6, 6.07) is 12.1. The summed E-state index contributed by atoms with van der Waals surface area (Å²) in [5.74, 6) is -0.675. The molecule has 2 N–H and O–H groups in total. The molecule has 3 heterocycles. The molecule has 3 aromatic rings. The Labute approximate surface area is 177 Å². The lowest BCUT2D eigenvalue weighted by atomic mass is 9.77. The van der Waals surface area contributed by atoms with Crippen molar-refractivity contribution in [2.24, 2.45) is 0 Å². The second-order valence-electron chi connectivity index (χ2n) is 7.62. The fourth-order valence-corrected chi connectivity index (χ4v) is 4.84. The number of amides is 1. The van der Waals surface area contributed by atoms with Gasteiger partial charge in [-0.3, -0.25) is 4.79 Å². The van der Waals surface area contributed by atoms with Crippen LogP contribution < -0.4 is 9.47 Å². The third-order valence-corrected chi connectivity index (χ3v) is 6.32. The number of carbonyl (C=O) groups is 2. The first-order valence-electron chi connectivity index (χ1n) is 9.56. The molecule has 8 heteroatoms. The standard InChI is InChI=1S/C22H19ClN2O5/c1-22(12-6-7-17-18(8-12)30-11-29-17)20-14(13-4-2-3-5-15(13)24-20)9-16(21(27)28)25(22)19(26)10-23/h2-8,16,24H,9-11H2,1H3,(H,27,28)/t16-,22?/m0/s1. The monoisotopic (exact) mass is 426 g/mol. The number of ether oxygens (including phenoxy) is 2. The molecule has 0 fully saturated rings. The highest BCUT2D eigenvalue weighted by Gasteiger charge is 2.51. The molecular weight excluding hydrogens is 408 g/mol. The van der Waals surface area contributed by atoms with E-state index >= 15 is 0 Å². The largest absolute Gasteiger partial charge is 0.480 e. The van der Waals surface area contributed by atoms with Gasteiger partial charge in [0.05, 0.1) is 0 Å². The summed E-state index contributed by atoms with van der Waals surface area (Å²) in [7, 11) is 0. The van der Waals surface area contributed by atoms with Crippen molar-refractivity contribution in [3.05, 3.63) is 59.3 Å². The normalized spacial score (nSPS) is 22.2. The van der Waals surface area contributed by atoms with Crippen molar-refractivity contribution >= 4 is 34.4 Å². The number of carboxylic acid groups (broad SMARTS) is 1. The zero-order valence-corrected chi connectivity index (χ0v) is 16.9. The average molecular weight is 427 g/mol. The molecule has 1 amide bonds. The summed E-state index contributed by atoms with van der Waals surface area (Å²) in [4.78, 5) is 30.1. The number of aliphatic carboxylic acids is 1. The molecule has 0 saturated heterocycles. The number of benzene rings is 2. The molecule has 0 bridgehead atoms. The van der Waals surface area contributed by atoms with Crippen LogP contribution in [0.5, 0.6) is 11.5 Å². The van der Waals surface area contributed by atoms with E-state index in [1.807, 2.05) is 37.3 Å². The van der Waals surface area contributed by atoms with E-state index in [9.17, 15) is 14.7 Å². The molecule has 2 aliphatic rings. The number of alkyl halides is 1. The smallest absolute Gasteiger partial charge is 0.326 e. The molecule has 5 rings (SSSR count). The Morgan fingerprint density at radius 1 is 1.23 bits per heavy atom. The third-order valence-electron chi connectivity index (χ3n) is 6.09. The van der Waals surface area contributed by atoms with Crippen molar-refractivity contribution in [3.63, 3.8) is 0 Å². The number of para-hydroxylation sites is 1. The number of aromatic nitrogens is 1. The zero-order chi connectivity index (χ0) is 21.0. The summed E-state index contributed by atoms with van der Waals surface area (Å²) in [5, 5.41) is 11.0. The predicted octanol–water partition coefficient (Wildman–Crippen LogP) is 3.24. The lowest BCUT2D eigenvalue weighted by Crippen LogP contribution is -2.60. The number of nitrogens with one attached hydrogen (secondary N) is 1. The van der Waals surface area contributed by atoms with Crippen LogP contribution in [0.3, 0.4) is 0 Å². The minimum absolute atomic E-state index is 0.120. The van der Waals surface area contributed by atoms with Gasteiger partial charge >= 0.3 is 5.97 Å². The van der Waals surface area contributed by atoms with Crippen LogP contribution in [-0.2, 0) is 21.5 Å². The molecule has 0 radical (unpaired) electrons. The lowest BCUT2D eigenvalue weighted by molar-refractivity contribution is -0.155. The highest BCUT2D eigenvalue weighted by Crippen LogP contribution is 2.47. The number of hydrogen-bond acceptors (Lipinski definition) is 4. The summed E-state index contributed by atoms with van der Waals surface area (Å²) in [6.45, 7) is 1.97. The molecule has 7 nitrogen and oxygen atoms in total. The molecule has 1 unspecified atom stereocenters. The zero-order valence-electron chi connectivity index (χ0n) is 16.1. The van der Waals surface area contributed by atoms with Gasteiger partial charge in [-0.2, -0.15) is 0 Å². The number of H-pyrrole nitrogens is 1. The molecule has 30 heavy (non-hydrogen) atoms.